The Morgan fingerprint density at radius 2 is 2.00 bits per heavy atom. The highest BCUT2D eigenvalue weighted by atomic mass is 35.5. The fourth-order valence-corrected chi connectivity index (χ4v) is 1.72. The van der Waals surface area contributed by atoms with Gasteiger partial charge >= 0.3 is 5.69 Å². The van der Waals surface area contributed by atoms with Gasteiger partial charge in [-0.2, -0.15) is 0 Å². The molecule has 2 rings (SSSR count). The molecular weight excluding hydrogens is 270 g/mol. The number of rotatable bonds is 3. The molecule has 0 aromatic heterocycles. The van der Waals surface area contributed by atoms with Crippen LogP contribution in [0.25, 0.3) is 0 Å². The van der Waals surface area contributed by atoms with Crippen molar-refractivity contribution in [2.45, 2.75) is 6.92 Å². The molecule has 0 saturated heterocycles. The van der Waals surface area contributed by atoms with E-state index in [1.54, 1.807) is 19.1 Å². The van der Waals surface area contributed by atoms with Crippen LogP contribution in [0.3, 0.4) is 0 Å². The van der Waals surface area contributed by atoms with Gasteiger partial charge in [-0.05, 0) is 31.2 Å². The van der Waals surface area contributed by atoms with Crippen LogP contribution < -0.4 is 4.74 Å². The van der Waals surface area contributed by atoms with Gasteiger partial charge in [0.2, 0.25) is 5.75 Å². The minimum absolute atomic E-state index is 0.0640. The van der Waals surface area contributed by atoms with Crippen molar-refractivity contribution in [3.8, 4) is 17.2 Å². The molecule has 0 unspecified atom stereocenters. The molecule has 0 radical (unpaired) electrons. The van der Waals surface area contributed by atoms with Gasteiger partial charge in [-0.25, -0.2) is 0 Å². The molecule has 0 amide bonds. The Labute approximate surface area is 114 Å². The monoisotopic (exact) mass is 279 g/mol. The molecule has 2 aromatic rings. The Bertz CT molecular complexity index is 643. The lowest BCUT2D eigenvalue weighted by molar-refractivity contribution is -0.385. The summed E-state index contributed by atoms with van der Waals surface area (Å²) < 4.78 is 5.48. The highest BCUT2D eigenvalue weighted by Gasteiger charge is 2.17. The summed E-state index contributed by atoms with van der Waals surface area (Å²) in [6, 6.07) is 8.87. The van der Waals surface area contributed by atoms with Gasteiger partial charge < -0.3 is 9.84 Å². The molecular formula is C13H10ClNO4. The van der Waals surface area contributed by atoms with Crippen molar-refractivity contribution >= 4 is 17.3 Å². The summed E-state index contributed by atoms with van der Waals surface area (Å²) in [5.74, 6) is 0.489. The molecule has 98 valence electrons. The number of ether oxygens (including phenoxy) is 1. The second kappa shape index (κ2) is 5.16. The lowest BCUT2D eigenvalue weighted by Crippen LogP contribution is -1.94. The average Bonchev–Trinajstić information content (AvgIpc) is 2.36. The van der Waals surface area contributed by atoms with Crippen LogP contribution in [-0.2, 0) is 0 Å². The van der Waals surface area contributed by atoms with Crippen LogP contribution in [0, 0.1) is 17.0 Å². The fraction of sp³-hybridized carbons (Fsp3) is 0.0769. The summed E-state index contributed by atoms with van der Waals surface area (Å²) in [7, 11) is 0. The summed E-state index contributed by atoms with van der Waals surface area (Å²) >= 11 is 5.72. The maximum atomic E-state index is 10.9. The first-order valence-electron chi connectivity index (χ1n) is 5.39. The minimum atomic E-state index is -0.570. The van der Waals surface area contributed by atoms with Crippen LogP contribution in [-0.4, -0.2) is 10.0 Å². The van der Waals surface area contributed by atoms with Crippen molar-refractivity contribution in [2.75, 3.05) is 0 Å². The highest BCUT2D eigenvalue weighted by molar-refractivity contribution is 6.30. The first-order chi connectivity index (χ1) is 8.99. The molecule has 0 aliphatic rings. The van der Waals surface area contributed by atoms with Crippen molar-refractivity contribution in [1.29, 1.82) is 0 Å². The van der Waals surface area contributed by atoms with Crippen LogP contribution in [0.1, 0.15) is 5.56 Å². The fourth-order valence-electron chi connectivity index (χ4n) is 1.55. The summed E-state index contributed by atoms with van der Waals surface area (Å²) in [4.78, 5) is 10.4. The van der Waals surface area contributed by atoms with E-state index < -0.39 is 4.92 Å². The number of nitrogens with zero attached hydrogens (tertiary/aromatic N) is 1. The average molecular weight is 280 g/mol. The van der Waals surface area contributed by atoms with E-state index in [-0.39, 0.29) is 22.2 Å². The maximum absolute atomic E-state index is 10.9. The topological polar surface area (TPSA) is 72.6 Å². The number of nitro benzene ring substituents is 1. The Morgan fingerprint density at radius 1 is 1.26 bits per heavy atom. The maximum Gasteiger partial charge on any atom is 0.313 e. The van der Waals surface area contributed by atoms with E-state index in [9.17, 15) is 15.2 Å². The third kappa shape index (κ3) is 2.77. The quantitative estimate of drug-likeness (QED) is 0.679. The van der Waals surface area contributed by atoms with Crippen molar-refractivity contribution in [3.05, 3.63) is 57.1 Å². The van der Waals surface area contributed by atoms with Gasteiger partial charge in [-0.1, -0.05) is 17.7 Å². The van der Waals surface area contributed by atoms with E-state index in [2.05, 4.69) is 0 Å². The van der Waals surface area contributed by atoms with Gasteiger partial charge in [0.15, 0.2) is 0 Å². The summed E-state index contributed by atoms with van der Waals surface area (Å²) in [6.45, 7) is 1.66. The van der Waals surface area contributed by atoms with Crippen LogP contribution >= 0.6 is 11.6 Å². The first-order valence-corrected chi connectivity index (χ1v) is 5.77. The molecule has 1 N–H and O–H groups in total. The largest absolute Gasteiger partial charge is 0.508 e. The van der Waals surface area contributed by atoms with Crippen LogP contribution in [0.5, 0.6) is 17.2 Å². The molecule has 0 aliphatic heterocycles. The smallest absolute Gasteiger partial charge is 0.313 e. The summed E-state index contributed by atoms with van der Waals surface area (Å²) in [5, 5.41) is 20.8. The van der Waals surface area contributed by atoms with Crippen molar-refractivity contribution < 1.29 is 14.8 Å². The van der Waals surface area contributed by atoms with Crippen molar-refractivity contribution in [2.24, 2.45) is 0 Å². The third-order valence-corrected chi connectivity index (χ3v) is 2.83. The number of aromatic hydroxyl groups is 1. The standard InChI is InChI=1S/C13H10ClNO4/c1-8-11(16)3-2-4-12(8)19-13-6-5-9(14)7-10(13)15(17)18/h2-7,16H,1H3. The van der Waals surface area contributed by atoms with Crippen molar-refractivity contribution in [1.82, 2.24) is 0 Å². The molecule has 2 aromatic carbocycles. The molecule has 5 nitrogen and oxygen atoms in total. The first kappa shape index (κ1) is 13.2. The molecule has 0 atom stereocenters. The van der Waals surface area contributed by atoms with Gasteiger partial charge in [0.1, 0.15) is 11.5 Å². The number of benzene rings is 2. The summed E-state index contributed by atoms with van der Waals surface area (Å²) in [6.07, 6.45) is 0. The van der Waals surface area contributed by atoms with E-state index in [4.69, 9.17) is 16.3 Å². The number of halogens is 1. The van der Waals surface area contributed by atoms with Gasteiger partial charge in [0.05, 0.1) is 4.92 Å². The molecule has 0 aliphatic carbocycles. The Morgan fingerprint density at radius 3 is 2.68 bits per heavy atom. The van der Waals surface area contributed by atoms with E-state index in [1.807, 2.05) is 0 Å². The second-order valence-corrected chi connectivity index (χ2v) is 4.31. The van der Waals surface area contributed by atoms with Gasteiger partial charge in [0.25, 0.3) is 0 Å². The molecule has 0 fully saturated rings. The van der Waals surface area contributed by atoms with E-state index >= 15 is 0 Å². The van der Waals surface area contributed by atoms with E-state index in [0.29, 0.717) is 11.3 Å². The van der Waals surface area contributed by atoms with Crippen LogP contribution in [0.4, 0.5) is 5.69 Å². The predicted molar refractivity (Wildman–Crippen MR) is 71.0 cm³/mol. The van der Waals surface area contributed by atoms with Crippen LogP contribution in [0.2, 0.25) is 5.02 Å². The molecule has 6 heteroatoms. The van der Waals surface area contributed by atoms with Gasteiger partial charge in [-0.3, -0.25) is 10.1 Å². The van der Waals surface area contributed by atoms with Crippen molar-refractivity contribution in [3.63, 3.8) is 0 Å². The predicted octanol–water partition coefficient (Wildman–Crippen LogP) is 4.05. The van der Waals surface area contributed by atoms with E-state index in [1.165, 1.54) is 24.3 Å². The lowest BCUT2D eigenvalue weighted by atomic mass is 10.2. The number of phenolic OH excluding ortho intramolecular Hbond substituents is 1. The molecule has 19 heavy (non-hydrogen) atoms. The number of phenols is 1. The van der Waals surface area contributed by atoms with Crippen LogP contribution in [0.15, 0.2) is 36.4 Å². The SMILES string of the molecule is Cc1c(O)cccc1Oc1ccc(Cl)cc1[N+](=O)[O-]. The minimum Gasteiger partial charge on any atom is -0.508 e. The zero-order valence-corrected chi connectivity index (χ0v) is 10.7. The lowest BCUT2D eigenvalue weighted by Gasteiger charge is -2.10. The highest BCUT2D eigenvalue weighted by Crippen LogP contribution is 2.36. The van der Waals surface area contributed by atoms with Gasteiger partial charge in [-0.15, -0.1) is 0 Å². The molecule has 0 spiro atoms. The second-order valence-electron chi connectivity index (χ2n) is 3.87. The number of nitro groups is 1. The normalized spacial score (nSPS) is 10.2. The van der Waals surface area contributed by atoms with Gasteiger partial charge in [0, 0.05) is 16.7 Å². The zero-order valence-electron chi connectivity index (χ0n) is 9.96. The molecule has 0 heterocycles. The molecule has 0 bridgehead atoms. The zero-order chi connectivity index (χ0) is 14.0. The number of hydrogen-bond acceptors (Lipinski definition) is 4. The Kier molecular flexibility index (Phi) is 3.57. The van der Waals surface area contributed by atoms with E-state index in [0.717, 1.165) is 0 Å². The summed E-state index contributed by atoms with van der Waals surface area (Å²) in [5.41, 5.74) is 0.280. The number of hydrogen-bond donors (Lipinski definition) is 1. The Balaban J connectivity index is 2.44. The third-order valence-electron chi connectivity index (χ3n) is 2.59. The Hall–Kier alpha value is -2.27. The molecule has 0 saturated carbocycles.